The highest BCUT2D eigenvalue weighted by molar-refractivity contribution is 5.81. The summed E-state index contributed by atoms with van der Waals surface area (Å²) in [5, 5.41) is 0. The Morgan fingerprint density at radius 1 is 1.12 bits per heavy atom. The Bertz CT molecular complexity index is 216. The molecule has 0 fully saturated rings. The number of hydrogen-bond donors (Lipinski definition) is 0. The Kier molecular flexibility index (Phi) is 8.58. The first kappa shape index (κ1) is 14.9. The fourth-order valence-corrected chi connectivity index (χ4v) is 1.46. The number of methoxy groups -OCH3 is 1. The van der Waals surface area contributed by atoms with Crippen molar-refractivity contribution in [3.05, 3.63) is 0 Å². The van der Waals surface area contributed by atoms with Gasteiger partial charge >= 0.3 is 5.97 Å². The summed E-state index contributed by atoms with van der Waals surface area (Å²) in [4.78, 5) is 24.3. The van der Waals surface area contributed by atoms with Gasteiger partial charge in [0.25, 0.3) is 0 Å². The average Bonchev–Trinajstić information content (AvgIpc) is 2.30. The largest absolute Gasteiger partial charge is 0.468 e. The van der Waals surface area contributed by atoms with E-state index in [0.717, 1.165) is 25.7 Å². The zero-order valence-corrected chi connectivity index (χ0v) is 10.6. The van der Waals surface area contributed by atoms with Gasteiger partial charge in [0.15, 0.2) is 0 Å². The molecular formula is C12H23NO3. The zero-order valence-electron chi connectivity index (χ0n) is 10.6. The Balaban J connectivity index is 3.87. The minimum absolute atomic E-state index is 0.0454. The molecule has 94 valence electrons. The van der Waals surface area contributed by atoms with E-state index < -0.39 is 0 Å². The second kappa shape index (κ2) is 9.19. The molecule has 0 saturated carbocycles. The molecule has 0 unspecified atom stereocenters. The Hall–Kier alpha value is -1.06. The first-order chi connectivity index (χ1) is 7.65. The van der Waals surface area contributed by atoms with Crippen LogP contribution in [0.5, 0.6) is 0 Å². The van der Waals surface area contributed by atoms with E-state index in [1.807, 2.05) is 6.92 Å². The van der Waals surface area contributed by atoms with Gasteiger partial charge in [-0.3, -0.25) is 9.59 Å². The lowest BCUT2D eigenvalue weighted by Crippen LogP contribution is -2.35. The lowest BCUT2D eigenvalue weighted by Gasteiger charge is -2.19. The first-order valence-electron chi connectivity index (χ1n) is 6.00. The van der Waals surface area contributed by atoms with Gasteiger partial charge in [0.2, 0.25) is 5.91 Å². The zero-order chi connectivity index (χ0) is 12.4. The average molecular weight is 229 g/mol. The number of amides is 1. The maximum absolute atomic E-state index is 11.7. The van der Waals surface area contributed by atoms with Gasteiger partial charge in [-0.15, -0.1) is 0 Å². The summed E-state index contributed by atoms with van der Waals surface area (Å²) < 4.78 is 4.54. The molecule has 0 heterocycles. The van der Waals surface area contributed by atoms with E-state index in [9.17, 15) is 9.59 Å². The highest BCUT2D eigenvalue weighted by Crippen LogP contribution is 2.05. The summed E-state index contributed by atoms with van der Waals surface area (Å²) in [6.07, 6.45) is 4.84. The number of likely N-dealkylation sites (N-methyl/N-ethyl adjacent to an activating group) is 1. The van der Waals surface area contributed by atoms with Crippen molar-refractivity contribution in [3.8, 4) is 0 Å². The van der Waals surface area contributed by atoms with Crippen LogP contribution < -0.4 is 0 Å². The molecule has 0 radical (unpaired) electrons. The van der Waals surface area contributed by atoms with Crippen molar-refractivity contribution >= 4 is 11.9 Å². The predicted molar refractivity (Wildman–Crippen MR) is 63.0 cm³/mol. The van der Waals surface area contributed by atoms with Crippen molar-refractivity contribution in [1.82, 2.24) is 4.90 Å². The maximum Gasteiger partial charge on any atom is 0.325 e. The van der Waals surface area contributed by atoms with Crippen LogP contribution in [0.1, 0.15) is 46.0 Å². The summed E-state index contributed by atoms with van der Waals surface area (Å²) in [6, 6.07) is 0. The van der Waals surface area contributed by atoms with Crippen molar-refractivity contribution in [2.24, 2.45) is 0 Å². The van der Waals surface area contributed by atoms with Crippen LogP contribution in [-0.2, 0) is 14.3 Å². The van der Waals surface area contributed by atoms with Crippen LogP contribution in [0.2, 0.25) is 0 Å². The molecule has 0 N–H and O–H groups in total. The Morgan fingerprint density at radius 2 is 1.81 bits per heavy atom. The minimum Gasteiger partial charge on any atom is -0.468 e. The highest BCUT2D eigenvalue weighted by atomic mass is 16.5. The number of hydrogen-bond acceptors (Lipinski definition) is 3. The summed E-state index contributed by atoms with van der Waals surface area (Å²) in [7, 11) is 1.34. The minimum atomic E-state index is -0.358. The SMILES string of the molecule is CCCCCCC(=O)N(CC)CC(=O)OC. The molecule has 0 aromatic heterocycles. The first-order valence-corrected chi connectivity index (χ1v) is 6.00. The van der Waals surface area contributed by atoms with Crippen LogP contribution in [0.3, 0.4) is 0 Å². The maximum atomic E-state index is 11.7. The molecule has 4 nitrogen and oxygen atoms in total. The number of nitrogens with zero attached hydrogens (tertiary/aromatic N) is 1. The standard InChI is InChI=1S/C12H23NO3/c1-4-6-7-8-9-11(14)13(5-2)10-12(15)16-3/h4-10H2,1-3H3. The van der Waals surface area contributed by atoms with E-state index in [2.05, 4.69) is 11.7 Å². The number of esters is 1. The molecule has 1 amide bonds. The van der Waals surface area contributed by atoms with E-state index in [0.29, 0.717) is 13.0 Å². The Labute approximate surface area is 98.0 Å². The molecule has 0 aromatic rings. The van der Waals surface area contributed by atoms with Crippen molar-refractivity contribution in [1.29, 1.82) is 0 Å². The van der Waals surface area contributed by atoms with Crippen LogP contribution in [0.4, 0.5) is 0 Å². The quantitative estimate of drug-likeness (QED) is 0.472. The number of unbranched alkanes of at least 4 members (excludes halogenated alkanes) is 3. The number of carbonyl (C=O) groups excluding carboxylic acids is 2. The fourth-order valence-electron chi connectivity index (χ4n) is 1.46. The van der Waals surface area contributed by atoms with Crippen molar-refractivity contribution in [2.45, 2.75) is 46.0 Å². The predicted octanol–water partition coefficient (Wildman–Crippen LogP) is 1.98. The molecule has 0 saturated heterocycles. The van der Waals surface area contributed by atoms with Gasteiger partial charge in [0, 0.05) is 13.0 Å². The van der Waals surface area contributed by atoms with Crippen LogP contribution in [0.25, 0.3) is 0 Å². The van der Waals surface area contributed by atoms with Crippen LogP contribution in [-0.4, -0.2) is 37.0 Å². The Morgan fingerprint density at radius 3 is 2.31 bits per heavy atom. The molecule has 0 aliphatic rings. The smallest absolute Gasteiger partial charge is 0.325 e. The van der Waals surface area contributed by atoms with Gasteiger partial charge in [0.1, 0.15) is 6.54 Å². The summed E-state index contributed by atoms with van der Waals surface area (Å²) >= 11 is 0. The molecular weight excluding hydrogens is 206 g/mol. The highest BCUT2D eigenvalue weighted by Gasteiger charge is 2.14. The third-order valence-corrected chi connectivity index (χ3v) is 2.53. The van der Waals surface area contributed by atoms with Crippen molar-refractivity contribution in [2.75, 3.05) is 20.2 Å². The number of rotatable bonds is 8. The normalized spacial score (nSPS) is 9.94. The third-order valence-electron chi connectivity index (χ3n) is 2.53. The van der Waals surface area contributed by atoms with E-state index in [1.54, 1.807) is 0 Å². The number of carbonyl (C=O) groups is 2. The summed E-state index contributed by atoms with van der Waals surface area (Å²) in [5.74, 6) is -0.312. The van der Waals surface area contributed by atoms with E-state index in [-0.39, 0.29) is 18.4 Å². The van der Waals surface area contributed by atoms with E-state index >= 15 is 0 Å². The van der Waals surface area contributed by atoms with Crippen LogP contribution in [0.15, 0.2) is 0 Å². The fraction of sp³-hybridized carbons (Fsp3) is 0.833. The number of ether oxygens (including phenoxy) is 1. The third kappa shape index (κ3) is 6.43. The van der Waals surface area contributed by atoms with E-state index in [4.69, 9.17) is 0 Å². The van der Waals surface area contributed by atoms with E-state index in [1.165, 1.54) is 12.0 Å². The molecule has 0 atom stereocenters. The van der Waals surface area contributed by atoms with Gasteiger partial charge in [-0.1, -0.05) is 26.2 Å². The molecule has 0 aliphatic carbocycles. The monoisotopic (exact) mass is 229 g/mol. The summed E-state index contributed by atoms with van der Waals surface area (Å²) in [5.41, 5.74) is 0. The molecule has 4 heteroatoms. The molecule has 16 heavy (non-hydrogen) atoms. The second-order valence-corrected chi connectivity index (χ2v) is 3.79. The van der Waals surface area contributed by atoms with Gasteiger partial charge in [0.05, 0.1) is 7.11 Å². The molecule has 0 aliphatic heterocycles. The lowest BCUT2D eigenvalue weighted by atomic mass is 10.1. The lowest BCUT2D eigenvalue weighted by molar-refractivity contribution is -0.146. The van der Waals surface area contributed by atoms with Crippen LogP contribution >= 0.6 is 0 Å². The molecule has 0 aromatic carbocycles. The van der Waals surface area contributed by atoms with Crippen molar-refractivity contribution in [3.63, 3.8) is 0 Å². The topological polar surface area (TPSA) is 46.6 Å². The van der Waals surface area contributed by atoms with Crippen molar-refractivity contribution < 1.29 is 14.3 Å². The second-order valence-electron chi connectivity index (χ2n) is 3.79. The van der Waals surface area contributed by atoms with Crippen LogP contribution in [0, 0.1) is 0 Å². The molecule has 0 rings (SSSR count). The molecule has 0 bridgehead atoms. The molecule has 0 spiro atoms. The van der Waals surface area contributed by atoms with Gasteiger partial charge in [-0.25, -0.2) is 0 Å². The van der Waals surface area contributed by atoms with Gasteiger partial charge in [-0.05, 0) is 13.3 Å². The summed E-state index contributed by atoms with van der Waals surface area (Å²) in [6.45, 7) is 4.63. The van der Waals surface area contributed by atoms with Gasteiger partial charge in [-0.2, -0.15) is 0 Å². The van der Waals surface area contributed by atoms with Gasteiger partial charge < -0.3 is 9.64 Å².